The van der Waals surface area contributed by atoms with Crippen LogP contribution >= 0.6 is 0 Å². The van der Waals surface area contributed by atoms with Crippen LogP contribution in [0.3, 0.4) is 0 Å². The summed E-state index contributed by atoms with van der Waals surface area (Å²) in [4.78, 5) is 4.71. The summed E-state index contributed by atoms with van der Waals surface area (Å²) in [6.45, 7) is 5.16. The number of hydrogen-bond acceptors (Lipinski definition) is 3. The third-order valence-electron chi connectivity index (χ3n) is 4.56. The van der Waals surface area contributed by atoms with Gasteiger partial charge in [-0.3, -0.25) is 4.90 Å². The van der Waals surface area contributed by atoms with Gasteiger partial charge in [0, 0.05) is 32.7 Å². The monoisotopic (exact) mass is 364 g/mol. The Bertz CT molecular complexity index is 725. The van der Waals surface area contributed by atoms with Gasteiger partial charge in [-0.05, 0) is 42.4 Å². The molecule has 3 nitrogen and oxygen atoms in total. The second kappa shape index (κ2) is 8.10. The third kappa shape index (κ3) is 5.22. The fraction of sp³-hybridized carbons (Fsp3) is 0.400. The molecule has 1 aliphatic heterocycles. The second-order valence-electron chi connectivity index (χ2n) is 6.71. The van der Waals surface area contributed by atoms with Gasteiger partial charge in [0.25, 0.3) is 0 Å². The zero-order valence-corrected chi connectivity index (χ0v) is 14.8. The van der Waals surface area contributed by atoms with Crippen molar-refractivity contribution in [2.75, 3.05) is 33.2 Å². The van der Waals surface area contributed by atoms with Crippen molar-refractivity contribution in [1.82, 2.24) is 9.80 Å². The van der Waals surface area contributed by atoms with Crippen molar-refractivity contribution in [3.05, 3.63) is 65.2 Å². The molecular formula is C20H23F3N2O. The minimum absolute atomic E-state index is 0.113. The Morgan fingerprint density at radius 3 is 2.35 bits per heavy atom. The van der Waals surface area contributed by atoms with E-state index in [1.807, 2.05) is 18.2 Å². The Hall–Kier alpha value is -2.05. The van der Waals surface area contributed by atoms with Crippen LogP contribution in [0.1, 0.15) is 16.7 Å². The van der Waals surface area contributed by atoms with Gasteiger partial charge >= 0.3 is 6.18 Å². The van der Waals surface area contributed by atoms with E-state index in [4.69, 9.17) is 4.74 Å². The Balaban J connectivity index is 1.59. The summed E-state index contributed by atoms with van der Waals surface area (Å²) in [5.74, 6) is 0.675. The number of likely N-dealkylation sites (N-methyl/N-ethyl adjacent to an activating group) is 1. The number of nitrogens with zero attached hydrogens (tertiary/aromatic N) is 2. The summed E-state index contributed by atoms with van der Waals surface area (Å²) in [7, 11) is 2.12. The number of piperazine rings is 1. The highest BCUT2D eigenvalue weighted by atomic mass is 19.4. The topological polar surface area (TPSA) is 15.7 Å². The molecule has 0 N–H and O–H groups in total. The van der Waals surface area contributed by atoms with E-state index >= 15 is 0 Å². The summed E-state index contributed by atoms with van der Waals surface area (Å²) in [6.07, 6.45) is -4.33. The quantitative estimate of drug-likeness (QED) is 0.797. The molecule has 0 atom stereocenters. The Morgan fingerprint density at radius 2 is 1.62 bits per heavy atom. The van der Waals surface area contributed by atoms with Gasteiger partial charge in [0.2, 0.25) is 0 Å². The molecule has 26 heavy (non-hydrogen) atoms. The number of ether oxygens (including phenoxy) is 1. The highest BCUT2D eigenvalue weighted by molar-refractivity contribution is 5.30. The number of halogens is 3. The first kappa shape index (κ1) is 18.7. The summed E-state index contributed by atoms with van der Waals surface area (Å²) < 4.78 is 44.1. The van der Waals surface area contributed by atoms with E-state index in [1.54, 1.807) is 6.07 Å². The van der Waals surface area contributed by atoms with E-state index in [1.165, 1.54) is 6.07 Å². The van der Waals surface area contributed by atoms with Crippen molar-refractivity contribution in [2.24, 2.45) is 0 Å². The second-order valence-corrected chi connectivity index (χ2v) is 6.71. The number of alkyl halides is 3. The van der Waals surface area contributed by atoms with Gasteiger partial charge in [-0.15, -0.1) is 0 Å². The predicted octanol–water partition coefficient (Wildman–Crippen LogP) is 4.03. The first-order valence-electron chi connectivity index (χ1n) is 8.69. The lowest BCUT2D eigenvalue weighted by molar-refractivity contribution is -0.137. The smallest absolute Gasteiger partial charge is 0.416 e. The molecular weight excluding hydrogens is 341 g/mol. The molecule has 0 saturated carbocycles. The molecule has 0 amide bonds. The first-order valence-corrected chi connectivity index (χ1v) is 8.69. The van der Waals surface area contributed by atoms with Gasteiger partial charge in [0.05, 0.1) is 5.56 Å². The SMILES string of the molecule is CN1CCN(Cc2cccc(OCc3cccc(C(F)(F)F)c3)c2)CC1. The molecule has 0 bridgehead atoms. The average molecular weight is 364 g/mol. The van der Waals surface area contributed by atoms with Crippen LogP contribution in [-0.4, -0.2) is 43.0 Å². The maximum absolute atomic E-state index is 12.8. The van der Waals surface area contributed by atoms with Crippen LogP contribution in [0.15, 0.2) is 48.5 Å². The molecule has 2 aromatic carbocycles. The predicted molar refractivity (Wildman–Crippen MR) is 95.0 cm³/mol. The maximum atomic E-state index is 12.8. The summed E-state index contributed by atoms with van der Waals surface area (Å²) >= 11 is 0. The van der Waals surface area contributed by atoms with Gasteiger partial charge in [-0.1, -0.05) is 24.3 Å². The molecule has 0 spiro atoms. The number of rotatable bonds is 5. The normalized spacial score (nSPS) is 16.6. The Kier molecular flexibility index (Phi) is 5.84. The molecule has 2 aromatic rings. The van der Waals surface area contributed by atoms with Gasteiger partial charge < -0.3 is 9.64 Å². The lowest BCUT2D eigenvalue weighted by atomic mass is 10.1. The van der Waals surface area contributed by atoms with Crippen LogP contribution in [0, 0.1) is 0 Å². The van der Waals surface area contributed by atoms with Crippen LogP contribution in [0.5, 0.6) is 5.75 Å². The van der Waals surface area contributed by atoms with Crippen LogP contribution in [-0.2, 0) is 19.3 Å². The number of hydrogen-bond donors (Lipinski definition) is 0. The lowest BCUT2D eigenvalue weighted by Gasteiger charge is -2.32. The molecule has 1 heterocycles. The van der Waals surface area contributed by atoms with E-state index in [0.717, 1.165) is 50.4 Å². The van der Waals surface area contributed by atoms with Crippen LogP contribution in [0.25, 0.3) is 0 Å². The molecule has 0 aliphatic carbocycles. The average Bonchev–Trinajstić information content (AvgIpc) is 2.62. The molecule has 1 saturated heterocycles. The van der Waals surface area contributed by atoms with Gasteiger partial charge in [-0.2, -0.15) is 13.2 Å². The molecule has 1 fully saturated rings. The van der Waals surface area contributed by atoms with Gasteiger partial charge in [-0.25, -0.2) is 0 Å². The van der Waals surface area contributed by atoms with E-state index in [-0.39, 0.29) is 6.61 Å². The largest absolute Gasteiger partial charge is 0.489 e. The van der Waals surface area contributed by atoms with Crippen molar-refractivity contribution < 1.29 is 17.9 Å². The summed E-state index contributed by atoms with van der Waals surface area (Å²) in [5, 5.41) is 0. The van der Waals surface area contributed by atoms with Crippen molar-refractivity contribution in [2.45, 2.75) is 19.3 Å². The minimum Gasteiger partial charge on any atom is -0.489 e. The van der Waals surface area contributed by atoms with E-state index < -0.39 is 11.7 Å². The van der Waals surface area contributed by atoms with Crippen molar-refractivity contribution in [3.8, 4) is 5.75 Å². The molecule has 0 aromatic heterocycles. The molecule has 1 aliphatic rings. The molecule has 140 valence electrons. The maximum Gasteiger partial charge on any atom is 0.416 e. The number of benzene rings is 2. The first-order chi connectivity index (χ1) is 12.4. The third-order valence-corrected chi connectivity index (χ3v) is 4.56. The standard InChI is InChI=1S/C20H23F3N2O/c1-24-8-10-25(11-9-24)14-16-4-3-7-19(13-16)26-15-17-5-2-6-18(12-17)20(21,22)23/h2-7,12-13H,8-11,14-15H2,1H3. The van der Waals surface area contributed by atoms with E-state index in [2.05, 4.69) is 22.9 Å². The molecule has 0 unspecified atom stereocenters. The molecule has 3 rings (SSSR count). The minimum atomic E-state index is -4.33. The fourth-order valence-corrected chi connectivity index (χ4v) is 3.00. The zero-order chi connectivity index (χ0) is 18.6. The highest BCUT2D eigenvalue weighted by Crippen LogP contribution is 2.29. The summed E-state index contributed by atoms with van der Waals surface area (Å²) in [6, 6.07) is 13.0. The Labute approximate surface area is 152 Å². The Morgan fingerprint density at radius 1 is 0.923 bits per heavy atom. The molecule has 6 heteroatoms. The van der Waals surface area contributed by atoms with Gasteiger partial charge in [0.1, 0.15) is 12.4 Å². The van der Waals surface area contributed by atoms with E-state index in [9.17, 15) is 13.2 Å². The van der Waals surface area contributed by atoms with Crippen LogP contribution < -0.4 is 4.74 Å². The van der Waals surface area contributed by atoms with Gasteiger partial charge in [0.15, 0.2) is 0 Å². The van der Waals surface area contributed by atoms with Crippen LogP contribution in [0.4, 0.5) is 13.2 Å². The lowest BCUT2D eigenvalue weighted by Crippen LogP contribution is -2.43. The van der Waals surface area contributed by atoms with Crippen LogP contribution in [0.2, 0.25) is 0 Å². The molecule has 0 radical (unpaired) electrons. The van der Waals surface area contributed by atoms with Crippen molar-refractivity contribution in [1.29, 1.82) is 0 Å². The van der Waals surface area contributed by atoms with E-state index in [0.29, 0.717) is 11.3 Å². The van der Waals surface area contributed by atoms with Crippen molar-refractivity contribution in [3.63, 3.8) is 0 Å². The fourth-order valence-electron chi connectivity index (χ4n) is 3.00. The zero-order valence-electron chi connectivity index (χ0n) is 14.8. The summed E-state index contributed by atoms with van der Waals surface area (Å²) in [5.41, 5.74) is 1.00. The van der Waals surface area contributed by atoms with Crippen molar-refractivity contribution >= 4 is 0 Å². The highest BCUT2D eigenvalue weighted by Gasteiger charge is 2.30.